The number of aliphatic hydroxyl groups excluding tert-OH is 1. The fraction of sp³-hybridized carbons (Fsp3) is 0.211. The smallest absolute Gasteiger partial charge is 0.106 e. The molecule has 0 saturated carbocycles. The fourth-order valence-corrected chi connectivity index (χ4v) is 2.69. The number of rotatable bonds is 2. The lowest BCUT2D eigenvalue weighted by Gasteiger charge is -2.16. The van der Waals surface area contributed by atoms with Gasteiger partial charge >= 0.3 is 0 Å². The second-order valence-corrected chi connectivity index (χ2v) is 5.66. The lowest BCUT2D eigenvalue weighted by molar-refractivity contribution is 0.219. The van der Waals surface area contributed by atoms with Gasteiger partial charge in [-0.25, -0.2) is 0 Å². The van der Waals surface area contributed by atoms with E-state index < -0.39 is 6.10 Å². The summed E-state index contributed by atoms with van der Waals surface area (Å²) >= 11 is 0. The summed E-state index contributed by atoms with van der Waals surface area (Å²) in [5.41, 5.74) is 6.29. The normalized spacial score (nSPS) is 12.6. The second-order valence-electron chi connectivity index (χ2n) is 5.66. The van der Waals surface area contributed by atoms with Crippen molar-refractivity contribution in [2.75, 3.05) is 0 Å². The van der Waals surface area contributed by atoms with Crippen molar-refractivity contribution in [1.29, 1.82) is 0 Å². The van der Waals surface area contributed by atoms with E-state index >= 15 is 0 Å². The van der Waals surface area contributed by atoms with E-state index in [-0.39, 0.29) is 0 Å². The highest BCUT2D eigenvalue weighted by Crippen LogP contribution is 2.28. The highest BCUT2D eigenvalue weighted by atomic mass is 16.3. The minimum absolute atomic E-state index is 0.638. The van der Waals surface area contributed by atoms with Gasteiger partial charge in [-0.3, -0.25) is 4.98 Å². The summed E-state index contributed by atoms with van der Waals surface area (Å²) in [5.74, 6) is 0. The second kappa shape index (κ2) is 5.30. The van der Waals surface area contributed by atoms with E-state index in [4.69, 9.17) is 0 Å². The molecule has 106 valence electrons. The fourth-order valence-electron chi connectivity index (χ4n) is 2.69. The van der Waals surface area contributed by atoms with E-state index in [9.17, 15) is 5.11 Å². The number of aliphatic hydroxyl groups is 1. The lowest BCUT2D eigenvalue weighted by Crippen LogP contribution is -2.04. The maximum absolute atomic E-state index is 10.7. The summed E-state index contributed by atoms with van der Waals surface area (Å²) in [6, 6.07) is 14.2. The third-order valence-corrected chi connectivity index (χ3v) is 4.10. The van der Waals surface area contributed by atoms with Crippen LogP contribution in [0.5, 0.6) is 0 Å². The lowest BCUT2D eigenvalue weighted by atomic mass is 9.94. The molecule has 0 aliphatic heterocycles. The van der Waals surface area contributed by atoms with Crippen LogP contribution in [0.1, 0.15) is 33.9 Å². The zero-order valence-corrected chi connectivity index (χ0v) is 12.6. The van der Waals surface area contributed by atoms with E-state index in [0.717, 1.165) is 27.6 Å². The third-order valence-electron chi connectivity index (χ3n) is 4.10. The molecule has 21 heavy (non-hydrogen) atoms. The Bertz CT molecular complexity index is 808. The molecule has 1 unspecified atom stereocenters. The molecule has 0 amide bonds. The molecule has 2 heteroatoms. The molecule has 1 aromatic heterocycles. The molecule has 1 atom stereocenters. The maximum atomic E-state index is 10.7. The Hall–Kier alpha value is -2.19. The Labute approximate surface area is 125 Å². The van der Waals surface area contributed by atoms with Crippen LogP contribution in [0.15, 0.2) is 48.7 Å². The van der Waals surface area contributed by atoms with Gasteiger partial charge in [-0.2, -0.15) is 0 Å². The first-order chi connectivity index (χ1) is 10.1. The Balaban J connectivity index is 2.07. The zero-order chi connectivity index (χ0) is 15.0. The van der Waals surface area contributed by atoms with Gasteiger partial charge in [0.1, 0.15) is 6.10 Å². The average Bonchev–Trinajstić information content (AvgIpc) is 2.50. The van der Waals surface area contributed by atoms with Crippen molar-refractivity contribution >= 4 is 10.9 Å². The molecule has 0 fully saturated rings. The molecule has 1 heterocycles. The van der Waals surface area contributed by atoms with Crippen molar-refractivity contribution in [3.63, 3.8) is 0 Å². The zero-order valence-electron chi connectivity index (χ0n) is 12.6. The van der Waals surface area contributed by atoms with Gasteiger partial charge in [-0.15, -0.1) is 0 Å². The number of aromatic nitrogens is 1. The Morgan fingerprint density at radius 3 is 2.43 bits per heavy atom. The number of pyridine rings is 1. The number of benzene rings is 2. The molecule has 1 N–H and O–H groups in total. The van der Waals surface area contributed by atoms with Crippen LogP contribution in [-0.4, -0.2) is 10.1 Å². The minimum Gasteiger partial charge on any atom is -0.384 e. The topological polar surface area (TPSA) is 33.1 Å². The average molecular weight is 277 g/mol. The van der Waals surface area contributed by atoms with Crippen LogP contribution in [0.3, 0.4) is 0 Å². The molecule has 0 radical (unpaired) electrons. The highest BCUT2D eigenvalue weighted by molar-refractivity contribution is 5.78. The minimum atomic E-state index is -0.638. The molecule has 3 rings (SSSR count). The van der Waals surface area contributed by atoms with Crippen molar-refractivity contribution < 1.29 is 5.11 Å². The van der Waals surface area contributed by atoms with Crippen LogP contribution in [-0.2, 0) is 0 Å². The molecule has 2 aromatic carbocycles. The first-order valence-electron chi connectivity index (χ1n) is 7.17. The van der Waals surface area contributed by atoms with Crippen molar-refractivity contribution in [2.24, 2.45) is 0 Å². The molecular formula is C19H19NO. The van der Waals surface area contributed by atoms with E-state index in [0.29, 0.717) is 0 Å². The highest BCUT2D eigenvalue weighted by Gasteiger charge is 2.15. The van der Waals surface area contributed by atoms with E-state index in [2.05, 4.69) is 31.0 Å². The first-order valence-corrected chi connectivity index (χ1v) is 7.17. The van der Waals surface area contributed by atoms with Gasteiger partial charge in [0.15, 0.2) is 0 Å². The monoisotopic (exact) mass is 277 g/mol. The molecular weight excluding hydrogens is 258 g/mol. The van der Waals surface area contributed by atoms with Gasteiger partial charge in [-0.05, 0) is 55.2 Å². The van der Waals surface area contributed by atoms with Gasteiger partial charge in [0.05, 0.1) is 5.52 Å². The number of nitrogens with zero attached hydrogens (tertiary/aromatic N) is 1. The quantitative estimate of drug-likeness (QED) is 0.760. The predicted octanol–water partition coefficient (Wildman–Crippen LogP) is 4.24. The van der Waals surface area contributed by atoms with Crippen molar-refractivity contribution in [1.82, 2.24) is 4.98 Å². The maximum Gasteiger partial charge on any atom is 0.106 e. The van der Waals surface area contributed by atoms with Gasteiger partial charge in [-0.1, -0.05) is 30.3 Å². The molecule has 0 bridgehead atoms. The predicted molar refractivity (Wildman–Crippen MR) is 86.5 cm³/mol. The summed E-state index contributed by atoms with van der Waals surface area (Å²) in [7, 11) is 0. The van der Waals surface area contributed by atoms with E-state index in [1.54, 1.807) is 6.20 Å². The summed E-state index contributed by atoms with van der Waals surface area (Å²) in [5, 5.41) is 11.8. The third kappa shape index (κ3) is 2.55. The molecule has 0 aliphatic rings. The number of hydrogen-bond donors (Lipinski definition) is 1. The number of hydrogen-bond acceptors (Lipinski definition) is 2. The van der Waals surface area contributed by atoms with Crippen LogP contribution >= 0.6 is 0 Å². The summed E-state index contributed by atoms with van der Waals surface area (Å²) in [6.07, 6.45) is 1.13. The SMILES string of the molecule is Cc1cc(C)c(C(O)c2cnc3ccccc3c2)cc1C. The van der Waals surface area contributed by atoms with Gasteiger partial charge in [0.25, 0.3) is 0 Å². The number of para-hydroxylation sites is 1. The van der Waals surface area contributed by atoms with Crippen molar-refractivity contribution in [2.45, 2.75) is 26.9 Å². The summed E-state index contributed by atoms with van der Waals surface area (Å²) < 4.78 is 0. The van der Waals surface area contributed by atoms with Crippen molar-refractivity contribution in [3.05, 3.63) is 76.5 Å². The largest absolute Gasteiger partial charge is 0.384 e. The van der Waals surface area contributed by atoms with E-state index in [1.165, 1.54) is 11.1 Å². The summed E-state index contributed by atoms with van der Waals surface area (Å²) in [4.78, 5) is 4.44. The van der Waals surface area contributed by atoms with E-state index in [1.807, 2.05) is 37.3 Å². The number of fused-ring (bicyclic) bond motifs is 1. The Kier molecular flexibility index (Phi) is 3.48. The Morgan fingerprint density at radius 1 is 0.905 bits per heavy atom. The van der Waals surface area contributed by atoms with Crippen molar-refractivity contribution in [3.8, 4) is 0 Å². The van der Waals surface area contributed by atoms with Crippen LogP contribution in [0.2, 0.25) is 0 Å². The van der Waals surface area contributed by atoms with Crippen LogP contribution in [0.4, 0.5) is 0 Å². The van der Waals surface area contributed by atoms with Crippen LogP contribution in [0, 0.1) is 20.8 Å². The van der Waals surface area contributed by atoms with Gasteiger partial charge in [0, 0.05) is 17.1 Å². The van der Waals surface area contributed by atoms with Gasteiger partial charge in [0.2, 0.25) is 0 Å². The Morgan fingerprint density at radius 2 is 1.62 bits per heavy atom. The molecule has 2 nitrogen and oxygen atoms in total. The molecule has 3 aromatic rings. The molecule has 0 spiro atoms. The molecule has 0 saturated heterocycles. The number of aryl methyl sites for hydroxylation is 3. The summed E-state index contributed by atoms with van der Waals surface area (Å²) in [6.45, 7) is 6.21. The first kappa shape index (κ1) is 13.8. The van der Waals surface area contributed by atoms with Crippen LogP contribution in [0.25, 0.3) is 10.9 Å². The van der Waals surface area contributed by atoms with Crippen LogP contribution < -0.4 is 0 Å². The molecule has 0 aliphatic carbocycles. The standard InChI is InChI=1S/C19H19NO/c1-12-8-14(3)17(9-13(12)2)19(21)16-10-15-6-4-5-7-18(15)20-11-16/h4-11,19,21H,1-3H3. The van der Waals surface area contributed by atoms with Gasteiger partial charge < -0.3 is 5.11 Å².